The molecule has 0 radical (unpaired) electrons. The number of morpholine rings is 1. The molecule has 1 amide bonds. The summed E-state index contributed by atoms with van der Waals surface area (Å²) >= 11 is 0. The zero-order valence-corrected chi connectivity index (χ0v) is 7.99. The number of amides is 1. The van der Waals surface area contributed by atoms with Crippen LogP contribution in [-0.2, 0) is 9.53 Å². The number of nitrogens with zero attached hydrogens (tertiary/aromatic N) is 1. The number of hydrogen-bond donors (Lipinski definition) is 2. The SMILES string of the molecule is CC(C)N1CCOC(C(=O)NO)C1. The Morgan fingerprint density at radius 3 is 2.92 bits per heavy atom. The molecule has 1 rings (SSSR count). The lowest BCUT2D eigenvalue weighted by Gasteiger charge is -2.34. The normalized spacial score (nSPS) is 24.8. The minimum absolute atomic E-state index is 0.401. The summed E-state index contributed by atoms with van der Waals surface area (Å²) in [4.78, 5) is 13.2. The Labute approximate surface area is 77.6 Å². The van der Waals surface area contributed by atoms with Crippen LogP contribution < -0.4 is 5.48 Å². The van der Waals surface area contributed by atoms with Crippen molar-refractivity contribution in [3.8, 4) is 0 Å². The molecule has 5 heteroatoms. The second-order valence-electron chi connectivity index (χ2n) is 3.42. The van der Waals surface area contributed by atoms with Crippen molar-refractivity contribution in [3.05, 3.63) is 0 Å². The molecule has 0 saturated carbocycles. The van der Waals surface area contributed by atoms with E-state index in [0.717, 1.165) is 6.54 Å². The number of hydroxylamine groups is 1. The minimum atomic E-state index is -0.541. The van der Waals surface area contributed by atoms with Crippen molar-refractivity contribution in [2.24, 2.45) is 0 Å². The molecule has 5 nitrogen and oxygen atoms in total. The van der Waals surface area contributed by atoms with E-state index >= 15 is 0 Å². The molecule has 1 aliphatic heterocycles. The highest BCUT2D eigenvalue weighted by atomic mass is 16.5. The predicted molar refractivity (Wildman–Crippen MR) is 46.4 cm³/mol. The van der Waals surface area contributed by atoms with Crippen LogP contribution in [0.25, 0.3) is 0 Å². The first-order valence-corrected chi connectivity index (χ1v) is 4.44. The molecule has 76 valence electrons. The van der Waals surface area contributed by atoms with Crippen LogP contribution in [-0.4, -0.2) is 47.9 Å². The van der Waals surface area contributed by atoms with E-state index < -0.39 is 12.0 Å². The van der Waals surface area contributed by atoms with Gasteiger partial charge < -0.3 is 4.74 Å². The Balaban J connectivity index is 2.46. The number of carbonyl (C=O) groups excluding carboxylic acids is 1. The fourth-order valence-corrected chi connectivity index (χ4v) is 1.37. The second kappa shape index (κ2) is 4.55. The fourth-order valence-electron chi connectivity index (χ4n) is 1.37. The van der Waals surface area contributed by atoms with Crippen LogP contribution >= 0.6 is 0 Å². The summed E-state index contributed by atoms with van der Waals surface area (Å²) in [5.41, 5.74) is 1.60. The average molecular weight is 188 g/mol. The first-order valence-electron chi connectivity index (χ1n) is 4.44. The first kappa shape index (κ1) is 10.4. The highest BCUT2D eigenvalue weighted by molar-refractivity contribution is 5.79. The van der Waals surface area contributed by atoms with Gasteiger partial charge in [-0.2, -0.15) is 0 Å². The van der Waals surface area contributed by atoms with E-state index in [2.05, 4.69) is 18.7 Å². The number of rotatable bonds is 2. The smallest absolute Gasteiger partial charge is 0.273 e. The molecule has 13 heavy (non-hydrogen) atoms. The maximum absolute atomic E-state index is 11.0. The van der Waals surface area contributed by atoms with Gasteiger partial charge in [-0.1, -0.05) is 0 Å². The quantitative estimate of drug-likeness (QED) is 0.457. The van der Waals surface area contributed by atoms with Crippen LogP contribution in [0.15, 0.2) is 0 Å². The Kier molecular flexibility index (Phi) is 3.65. The van der Waals surface area contributed by atoms with Crippen LogP contribution in [0, 0.1) is 0 Å². The Morgan fingerprint density at radius 1 is 1.69 bits per heavy atom. The summed E-state index contributed by atoms with van der Waals surface area (Å²) in [6.07, 6.45) is -0.541. The standard InChI is InChI=1S/C8H16N2O3/c1-6(2)10-3-4-13-7(5-10)8(11)9-12/h6-7,12H,3-5H2,1-2H3,(H,9,11). The predicted octanol–water partition coefficient (Wildman–Crippen LogP) is -0.399. The van der Waals surface area contributed by atoms with Crippen molar-refractivity contribution in [1.29, 1.82) is 0 Å². The van der Waals surface area contributed by atoms with E-state index in [4.69, 9.17) is 9.94 Å². The van der Waals surface area contributed by atoms with Crippen LogP contribution in [0.4, 0.5) is 0 Å². The highest BCUT2D eigenvalue weighted by Crippen LogP contribution is 2.08. The van der Waals surface area contributed by atoms with Gasteiger partial charge in [0.25, 0.3) is 5.91 Å². The zero-order chi connectivity index (χ0) is 9.84. The summed E-state index contributed by atoms with van der Waals surface area (Å²) in [6.45, 7) is 6.06. The molecule has 1 aliphatic rings. The van der Waals surface area contributed by atoms with Gasteiger partial charge in [0.1, 0.15) is 0 Å². The van der Waals surface area contributed by atoms with Crippen molar-refractivity contribution in [2.75, 3.05) is 19.7 Å². The molecule has 0 aromatic heterocycles. The van der Waals surface area contributed by atoms with Crippen molar-refractivity contribution in [2.45, 2.75) is 26.0 Å². The lowest BCUT2D eigenvalue weighted by atomic mass is 10.2. The van der Waals surface area contributed by atoms with E-state index in [1.54, 1.807) is 5.48 Å². The molecule has 1 fully saturated rings. The molecule has 2 N–H and O–H groups in total. The number of nitrogens with one attached hydrogen (secondary N) is 1. The minimum Gasteiger partial charge on any atom is -0.366 e. The van der Waals surface area contributed by atoms with E-state index in [1.807, 2.05) is 0 Å². The van der Waals surface area contributed by atoms with Gasteiger partial charge in [-0.3, -0.25) is 14.9 Å². The molecule has 1 saturated heterocycles. The molecule has 1 atom stereocenters. The maximum atomic E-state index is 11.0. The van der Waals surface area contributed by atoms with Crippen LogP contribution in [0.3, 0.4) is 0 Å². The first-order chi connectivity index (χ1) is 6.15. The van der Waals surface area contributed by atoms with Crippen molar-refractivity contribution in [1.82, 2.24) is 10.4 Å². The van der Waals surface area contributed by atoms with Crippen LogP contribution in [0.2, 0.25) is 0 Å². The monoisotopic (exact) mass is 188 g/mol. The third-order valence-electron chi connectivity index (χ3n) is 2.23. The molecule has 1 heterocycles. The Morgan fingerprint density at radius 2 is 2.38 bits per heavy atom. The van der Waals surface area contributed by atoms with E-state index in [0.29, 0.717) is 19.2 Å². The molecular formula is C8H16N2O3. The molecule has 0 aliphatic carbocycles. The number of hydrogen-bond acceptors (Lipinski definition) is 4. The maximum Gasteiger partial charge on any atom is 0.273 e. The van der Waals surface area contributed by atoms with Crippen LogP contribution in [0.1, 0.15) is 13.8 Å². The Bertz CT molecular complexity index is 184. The second-order valence-corrected chi connectivity index (χ2v) is 3.42. The van der Waals surface area contributed by atoms with Crippen LogP contribution in [0.5, 0.6) is 0 Å². The van der Waals surface area contributed by atoms with Gasteiger partial charge in [0, 0.05) is 19.1 Å². The third kappa shape index (κ3) is 2.65. The van der Waals surface area contributed by atoms with Gasteiger partial charge in [0.15, 0.2) is 6.10 Å². The van der Waals surface area contributed by atoms with Gasteiger partial charge in [-0.15, -0.1) is 0 Å². The summed E-state index contributed by atoms with van der Waals surface area (Å²) in [6, 6.07) is 0.401. The zero-order valence-electron chi connectivity index (χ0n) is 7.99. The van der Waals surface area contributed by atoms with Gasteiger partial charge in [0.2, 0.25) is 0 Å². The molecule has 1 unspecified atom stereocenters. The molecule has 0 aromatic rings. The summed E-state index contributed by atoms with van der Waals surface area (Å²) in [5.74, 6) is -0.467. The number of carbonyl (C=O) groups is 1. The lowest BCUT2D eigenvalue weighted by Crippen LogP contribution is -2.51. The Hall–Kier alpha value is -0.650. The molecule has 0 spiro atoms. The number of ether oxygens (including phenoxy) is 1. The summed E-state index contributed by atoms with van der Waals surface area (Å²) in [7, 11) is 0. The van der Waals surface area contributed by atoms with Gasteiger partial charge in [-0.25, -0.2) is 5.48 Å². The van der Waals surface area contributed by atoms with Gasteiger partial charge in [0.05, 0.1) is 6.61 Å². The molecular weight excluding hydrogens is 172 g/mol. The van der Waals surface area contributed by atoms with Gasteiger partial charge in [-0.05, 0) is 13.8 Å². The third-order valence-corrected chi connectivity index (χ3v) is 2.23. The lowest BCUT2D eigenvalue weighted by molar-refractivity contribution is -0.147. The fraction of sp³-hybridized carbons (Fsp3) is 0.875. The van der Waals surface area contributed by atoms with Crippen molar-refractivity contribution < 1.29 is 14.7 Å². The van der Waals surface area contributed by atoms with E-state index in [1.165, 1.54) is 0 Å². The topological polar surface area (TPSA) is 61.8 Å². The molecule has 0 bridgehead atoms. The average Bonchev–Trinajstić information content (AvgIpc) is 2.17. The van der Waals surface area contributed by atoms with E-state index in [9.17, 15) is 4.79 Å². The van der Waals surface area contributed by atoms with Gasteiger partial charge >= 0.3 is 0 Å². The highest BCUT2D eigenvalue weighted by Gasteiger charge is 2.27. The molecule has 0 aromatic carbocycles. The summed E-state index contributed by atoms with van der Waals surface area (Å²) < 4.78 is 5.20. The van der Waals surface area contributed by atoms with E-state index in [-0.39, 0.29) is 0 Å². The summed E-state index contributed by atoms with van der Waals surface area (Å²) in [5, 5.41) is 8.41. The van der Waals surface area contributed by atoms with Crippen molar-refractivity contribution in [3.63, 3.8) is 0 Å². The van der Waals surface area contributed by atoms with Crippen molar-refractivity contribution >= 4 is 5.91 Å². The largest absolute Gasteiger partial charge is 0.366 e.